The van der Waals surface area contributed by atoms with Gasteiger partial charge in [0.25, 0.3) is 5.92 Å². The molecule has 23 heavy (non-hydrogen) atoms. The van der Waals surface area contributed by atoms with Crippen molar-refractivity contribution in [1.29, 1.82) is 0 Å². The van der Waals surface area contributed by atoms with Gasteiger partial charge in [-0.15, -0.1) is 0 Å². The number of benzene rings is 1. The van der Waals surface area contributed by atoms with Crippen molar-refractivity contribution in [2.24, 2.45) is 4.99 Å². The molecule has 0 aliphatic carbocycles. The highest BCUT2D eigenvalue weighted by atomic mass is 19.3. The summed E-state index contributed by atoms with van der Waals surface area (Å²) in [6, 6.07) is 6.40. The molecule has 0 aliphatic rings. The molecule has 5 nitrogen and oxygen atoms in total. The van der Waals surface area contributed by atoms with Gasteiger partial charge >= 0.3 is 0 Å². The van der Waals surface area contributed by atoms with Crippen LogP contribution in [0.4, 0.5) is 8.78 Å². The van der Waals surface area contributed by atoms with Gasteiger partial charge in [-0.3, -0.25) is 9.79 Å². The smallest absolute Gasteiger partial charge is 0.288 e. The Bertz CT molecular complexity index is 760. The van der Waals surface area contributed by atoms with Crippen LogP contribution in [0.15, 0.2) is 29.3 Å². The van der Waals surface area contributed by atoms with Gasteiger partial charge in [-0.1, -0.05) is 6.07 Å². The summed E-state index contributed by atoms with van der Waals surface area (Å²) >= 11 is 0. The Morgan fingerprint density at radius 3 is 2.61 bits per heavy atom. The zero-order valence-corrected chi connectivity index (χ0v) is 13.4. The molecule has 0 saturated carbocycles. The molecular formula is C16H18F2N4O. The van der Waals surface area contributed by atoms with Gasteiger partial charge in [0.15, 0.2) is 6.29 Å². The molecule has 0 bridgehead atoms. The maximum Gasteiger partial charge on any atom is 0.288 e. The summed E-state index contributed by atoms with van der Waals surface area (Å²) in [7, 11) is 3.40. The second-order valence-electron chi connectivity index (χ2n) is 5.19. The molecule has 0 amide bonds. The molecular weight excluding hydrogens is 302 g/mol. The molecule has 2 aromatic rings. The number of aryl methyl sites for hydroxylation is 1. The van der Waals surface area contributed by atoms with Gasteiger partial charge in [0, 0.05) is 26.6 Å². The first-order valence-corrected chi connectivity index (χ1v) is 7.01. The van der Waals surface area contributed by atoms with Gasteiger partial charge in [-0.05, 0) is 30.7 Å². The van der Waals surface area contributed by atoms with Crippen molar-refractivity contribution in [3.63, 3.8) is 0 Å². The van der Waals surface area contributed by atoms with E-state index in [1.165, 1.54) is 4.68 Å². The third-order valence-corrected chi connectivity index (χ3v) is 3.49. The van der Waals surface area contributed by atoms with Crippen LogP contribution in [0.2, 0.25) is 0 Å². The van der Waals surface area contributed by atoms with Gasteiger partial charge in [-0.25, -0.2) is 4.68 Å². The number of hydrogen-bond donors (Lipinski definition) is 1. The Labute approximate surface area is 133 Å². The molecule has 1 heterocycles. The van der Waals surface area contributed by atoms with E-state index >= 15 is 0 Å². The predicted octanol–water partition coefficient (Wildman–Crippen LogP) is 2.70. The zero-order chi connectivity index (χ0) is 17.2. The number of hydrogen-bond acceptors (Lipinski definition) is 3. The molecule has 0 unspecified atom stereocenters. The highest BCUT2D eigenvalue weighted by Gasteiger charge is 2.29. The van der Waals surface area contributed by atoms with E-state index in [1.54, 1.807) is 26.2 Å². The van der Waals surface area contributed by atoms with Crippen LogP contribution in [0.3, 0.4) is 0 Å². The van der Waals surface area contributed by atoms with E-state index in [0.29, 0.717) is 17.8 Å². The molecule has 1 aromatic carbocycles. The highest BCUT2D eigenvalue weighted by Crippen LogP contribution is 2.27. The van der Waals surface area contributed by atoms with E-state index < -0.39 is 11.6 Å². The van der Waals surface area contributed by atoms with Gasteiger partial charge in [0.05, 0.1) is 5.69 Å². The van der Waals surface area contributed by atoms with E-state index in [2.05, 4.69) is 15.4 Å². The van der Waals surface area contributed by atoms with Gasteiger partial charge < -0.3 is 5.32 Å². The number of nitrogens with one attached hydrogen (secondary N) is 1. The van der Waals surface area contributed by atoms with Crippen molar-refractivity contribution in [2.45, 2.75) is 19.8 Å². The lowest BCUT2D eigenvalue weighted by molar-refractivity contribution is 0.0124. The molecule has 0 spiro atoms. The SMILES string of the molecule is CN=C(NC)c1cc(-n2nc(C(C)(F)F)cc2C=O)ccc1C. The number of alkyl halides is 2. The maximum atomic E-state index is 13.5. The number of halogens is 2. The molecule has 0 saturated heterocycles. The number of aldehydes is 1. The molecule has 1 aromatic heterocycles. The van der Waals surface area contributed by atoms with E-state index in [4.69, 9.17) is 0 Å². The number of carbonyl (C=O) groups excluding carboxylic acids is 1. The topological polar surface area (TPSA) is 59.3 Å². The van der Waals surface area contributed by atoms with E-state index in [0.717, 1.165) is 24.1 Å². The Hall–Kier alpha value is -2.57. The molecule has 0 fully saturated rings. The fourth-order valence-electron chi connectivity index (χ4n) is 2.26. The number of carbonyl (C=O) groups is 1. The van der Waals surface area contributed by atoms with Gasteiger partial charge in [-0.2, -0.15) is 13.9 Å². The van der Waals surface area contributed by atoms with E-state index in [1.807, 2.05) is 13.0 Å². The first kappa shape index (κ1) is 16.8. The van der Waals surface area contributed by atoms with Crippen molar-refractivity contribution in [3.8, 4) is 5.69 Å². The second kappa shape index (κ2) is 6.28. The monoisotopic (exact) mass is 320 g/mol. The molecule has 1 N–H and O–H groups in total. The maximum absolute atomic E-state index is 13.5. The summed E-state index contributed by atoms with van der Waals surface area (Å²) in [6.07, 6.45) is 0.509. The predicted molar refractivity (Wildman–Crippen MR) is 84.8 cm³/mol. The number of rotatable bonds is 4. The highest BCUT2D eigenvalue weighted by molar-refractivity contribution is 6.00. The summed E-state index contributed by atoms with van der Waals surface area (Å²) < 4.78 is 28.1. The third kappa shape index (κ3) is 3.28. The quantitative estimate of drug-likeness (QED) is 0.535. The van der Waals surface area contributed by atoms with Crippen molar-refractivity contribution in [3.05, 3.63) is 46.8 Å². The number of amidine groups is 1. The zero-order valence-electron chi connectivity index (χ0n) is 13.4. The summed E-state index contributed by atoms with van der Waals surface area (Å²) in [5, 5.41) is 6.86. The van der Waals surface area contributed by atoms with Crippen molar-refractivity contribution in [2.75, 3.05) is 14.1 Å². The average Bonchev–Trinajstić information content (AvgIpc) is 2.94. The van der Waals surface area contributed by atoms with Gasteiger partial charge in [0.1, 0.15) is 17.2 Å². The normalized spacial score (nSPS) is 12.3. The van der Waals surface area contributed by atoms with Crippen LogP contribution in [0, 0.1) is 6.92 Å². The lowest BCUT2D eigenvalue weighted by Gasteiger charge is -2.12. The minimum Gasteiger partial charge on any atom is -0.373 e. The molecule has 2 rings (SSSR count). The minimum absolute atomic E-state index is 0.0655. The number of aromatic nitrogens is 2. The van der Waals surface area contributed by atoms with E-state index in [9.17, 15) is 13.6 Å². The summed E-state index contributed by atoms with van der Waals surface area (Å²) in [6.45, 7) is 2.66. The Morgan fingerprint density at radius 2 is 2.09 bits per heavy atom. The molecule has 0 aliphatic heterocycles. The van der Waals surface area contributed by atoms with Crippen LogP contribution in [0.1, 0.15) is 34.2 Å². The van der Waals surface area contributed by atoms with Crippen LogP contribution in [0.5, 0.6) is 0 Å². The van der Waals surface area contributed by atoms with Crippen LogP contribution < -0.4 is 5.32 Å². The Morgan fingerprint density at radius 1 is 1.39 bits per heavy atom. The Balaban J connectivity index is 2.61. The summed E-state index contributed by atoms with van der Waals surface area (Å²) in [4.78, 5) is 15.3. The summed E-state index contributed by atoms with van der Waals surface area (Å²) in [5.41, 5.74) is 1.91. The van der Waals surface area contributed by atoms with Crippen molar-refractivity contribution < 1.29 is 13.6 Å². The molecule has 122 valence electrons. The minimum atomic E-state index is -3.11. The van der Waals surface area contributed by atoms with Crippen LogP contribution in [-0.4, -0.2) is 36.0 Å². The number of aliphatic imine (C=N–C) groups is 1. The first-order valence-electron chi connectivity index (χ1n) is 7.01. The lowest BCUT2D eigenvalue weighted by atomic mass is 10.1. The fraction of sp³-hybridized carbons (Fsp3) is 0.312. The van der Waals surface area contributed by atoms with Crippen molar-refractivity contribution >= 4 is 12.1 Å². The third-order valence-electron chi connectivity index (χ3n) is 3.49. The van der Waals surface area contributed by atoms with Crippen LogP contribution >= 0.6 is 0 Å². The summed E-state index contributed by atoms with van der Waals surface area (Å²) in [5.74, 6) is -2.46. The van der Waals surface area contributed by atoms with E-state index in [-0.39, 0.29) is 5.69 Å². The molecule has 0 radical (unpaired) electrons. The molecule has 7 heteroatoms. The van der Waals surface area contributed by atoms with Gasteiger partial charge in [0.2, 0.25) is 0 Å². The first-order chi connectivity index (χ1) is 10.8. The second-order valence-corrected chi connectivity index (χ2v) is 5.19. The number of nitrogens with zero attached hydrogens (tertiary/aromatic N) is 3. The lowest BCUT2D eigenvalue weighted by Crippen LogP contribution is -2.21. The van der Waals surface area contributed by atoms with Crippen LogP contribution in [0.25, 0.3) is 5.69 Å². The van der Waals surface area contributed by atoms with Crippen molar-refractivity contribution in [1.82, 2.24) is 15.1 Å². The Kier molecular flexibility index (Phi) is 4.58. The van der Waals surface area contributed by atoms with Crippen LogP contribution in [-0.2, 0) is 5.92 Å². The largest absolute Gasteiger partial charge is 0.373 e. The average molecular weight is 320 g/mol. The fourth-order valence-corrected chi connectivity index (χ4v) is 2.26. The standard InChI is InChI=1S/C16H18F2N4O/c1-10-5-6-11(7-13(10)15(19-3)20-4)22-12(9-23)8-14(21-22)16(2,17)18/h5-9H,1-4H3,(H,19,20). The molecule has 0 atom stereocenters.